The van der Waals surface area contributed by atoms with Crippen LogP contribution in [0, 0.1) is 5.92 Å². The number of rotatable bonds is 6. The SMILES string of the molecule is CCC(CC)C(Cc1ccc(C(F)(F)F)cc1)NN. The highest BCUT2D eigenvalue weighted by molar-refractivity contribution is 5.25. The van der Waals surface area contributed by atoms with Crippen molar-refractivity contribution in [1.29, 1.82) is 0 Å². The van der Waals surface area contributed by atoms with Crippen LogP contribution in [0.15, 0.2) is 24.3 Å². The summed E-state index contributed by atoms with van der Waals surface area (Å²) in [6.45, 7) is 4.18. The van der Waals surface area contributed by atoms with Crippen LogP contribution in [0.1, 0.15) is 37.8 Å². The Morgan fingerprint density at radius 2 is 1.63 bits per heavy atom. The zero-order valence-corrected chi connectivity index (χ0v) is 11.3. The number of alkyl halides is 3. The van der Waals surface area contributed by atoms with Gasteiger partial charge in [-0.15, -0.1) is 0 Å². The lowest BCUT2D eigenvalue weighted by atomic mass is 9.90. The Balaban J connectivity index is 2.76. The van der Waals surface area contributed by atoms with Gasteiger partial charge in [0.25, 0.3) is 0 Å². The molecular weight excluding hydrogens is 253 g/mol. The molecule has 0 heterocycles. The van der Waals surface area contributed by atoms with E-state index in [1.807, 2.05) is 0 Å². The smallest absolute Gasteiger partial charge is 0.271 e. The normalized spacial score (nSPS) is 13.8. The molecule has 5 heteroatoms. The van der Waals surface area contributed by atoms with Crippen LogP contribution >= 0.6 is 0 Å². The standard InChI is InChI=1S/C14H21F3N2/c1-3-11(4-2)13(19-18)9-10-5-7-12(8-6-10)14(15,16)17/h5-8,11,13,19H,3-4,9,18H2,1-2H3. The summed E-state index contributed by atoms with van der Waals surface area (Å²) < 4.78 is 37.4. The van der Waals surface area contributed by atoms with E-state index in [0.29, 0.717) is 12.3 Å². The molecule has 0 saturated carbocycles. The van der Waals surface area contributed by atoms with Crippen molar-refractivity contribution in [2.45, 2.75) is 45.3 Å². The van der Waals surface area contributed by atoms with Gasteiger partial charge in [-0.05, 0) is 30.0 Å². The molecule has 0 aliphatic heterocycles. The van der Waals surface area contributed by atoms with Crippen molar-refractivity contribution < 1.29 is 13.2 Å². The maximum atomic E-state index is 12.5. The molecule has 1 unspecified atom stereocenters. The lowest BCUT2D eigenvalue weighted by molar-refractivity contribution is -0.137. The number of benzene rings is 1. The second-order valence-electron chi connectivity index (χ2n) is 4.75. The summed E-state index contributed by atoms with van der Waals surface area (Å²) in [5.74, 6) is 5.97. The second-order valence-corrected chi connectivity index (χ2v) is 4.75. The van der Waals surface area contributed by atoms with E-state index in [-0.39, 0.29) is 6.04 Å². The van der Waals surface area contributed by atoms with Gasteiger partial charge in [0.15, 0.2) is 0 Å². The van der Waals surface area contributed by atoms with E-state index >= 15 is 0 Å². The molecule has 19 heavy (non-hydrogen) atoms. The van der Waals surface area contributed by atoms with Gasteiger partial charge in [0, 0.05) is 6.04 Å². The lowest BCUT2D eigenvalue weighted by Gasteiger charge is -2.24. The van der Waals surface area contributed by atoms with Crippen LogP contribution in [-0.2, 0) is 12.6 Å². The van der Waals surface area contributed by atoms with Crippen LogP contribution in [0.3, 0.4) is 0 Å². The Morgan fingerprint density at radius 1 is 1.11 bits per heavy atom. The van der Waals surface area contributed by atoms with Gasteiger partial charge in [-0.2, -0.15) is 13.2 Å². The maximum Gasteiger partial charge on any atom is 0.416 e. The zero-order chi connectivity index (χ0) is 14.5. The molecule has 1 aromatic carbocycles. The Labute approximate surface area is 112 Å². The molecule has 1 atom stereocenters. The highest BCUT2D eigenvalue weighted by atomic mass is 19.4. The fraction of sp³-hybridized carbons (Fsp3) is 0.571. The summed E-state index contributed by atoms with van der Waals surface area (Å²) in [5.41, 5.74) is 3.02. The summed E-state index contributed by atoms with van der Waals surface area (Å²) in [6, 6.07) is 5.38. The zero-order valence-electron chi connectivity index (χ0n) is 11.3. The topological polar surface area (TPSA) is 38.0 Å². The van der Waals surface area contributed by atoms with Crippen molar-refractivity contribution in [1.82, 2.24) is 5.43 Å². The molecule has 2 nitrogen and oxygen atoms in total. The first-order valence-corrected chi connectivity index (χ1v) is 6.54. The largest absolute Gasteiger partial charge is 0.416 e. The summed E-state index contributed by atoms with van der Waals surface area (Å²) in [6.07, 6.45) is -1.65. The third-order valence-corrected chi connectivity index (χ3v) is 3.57. The molecule has 0 spiro atoms. The Bertz CT molecular complexity index is 369. The van der Waals surface area contributed by atoms with Crippen molar-refractivity contribution in [2.24, 2.45) is 11.8 Å². The first-order chi connectivity index (χ1) is 8.92. The molecule has 1 rings (SSSR count). The van der Waals surface area contributed by atoms with Gasteiger partial charge in [0.05, 0.1) is 5.56 Å². The molecule has 3 N–H and O–H groups in total. The highest BCUT2D eigenvalue weighted by Gasteiger charge is 2.30. The Morgan fingerprint density at radius 3 is 2.00 bits per heavy atom. The minimum atomic E-state index is -4.28. The molecule has 0 bridgehead atoms. The number of hydrazine groups is 1. The van der Waals surface area contributed by atoms with Gasteiger partial charge >= 0.3 is 6.18 Å². The van der Waals surface area contributed by atoms with Crippen LogP contribution in [0.2, 0.25) is 0 Å². The van der Waals surface area contributed by atoms with Crippen molar-refractivity contribution in [3.8, 4) is 0 Å². The first-order valence-electron chi connectivity index (χ1n) is 6.54. The van der Waals surface area contributed by atoms with E-state index in [2.05, 4.69) is 19.3 Å². The van der Waals surface area contributed by atoms with E-state index in [9.17, 15) is 13.2 Å². The molecule has 1 aromatic rings. The quantitative estimate of drug-likeness (QED) is 0.615. The van der Waals surface area contributed by atoms with Crippen molar-refractivity contribution >= 4 is 0 Å². The van der Waals surface area contributed by atoms with Crippen LogP contribution in [-0.4, -0.2) is 6.04 Å². The van der Waals surface area contributed by atoms with Crippen LogP contribution in [0.4, 0.5) is 13.2 Å². The minimum Gasteiger partial charge on any atom is -0.271 e. The minimum absolute atomic E-state index is 0.0896. The summed E-state index contributed by atoms with van der Waals surface area (Å²) in [7, 11) is 0. The van der Waals surface area contributed by atoms with E-state index in [1.165, 1.54) is 12.1 Å². The van der Waals surface area contributed by atoms with Crippen LogP contribution < -0.4 is 11.3 Å². The van der Waals surface area contributed by atoms with E-state index in [0.717, 1.165) is 30.5 Å². The monoisotopic (exact) mass is 274 g/mol. The number of nitrogens with one attached hydrogen (secondary N) is 1. The van der Waals surface area contributed by atoms with Crippen molar-refractivity contribution in [2.75, 3.05) is 0 Å². The maximum absolute atomic E-state index is 12.5. The Kier molecular flexibility index (Phi) is 5.82. The van der Waals surface area contributed by atoms with Crippen molar-refractivity contribution in [3.63, 3.8) is 0 Å². The van der Waals surface area contributed by atoms with Crippen LogP contribution in [0.25, 0.3) is 0 Å². The van der Waals surface area contributed by atoms with Crippen LogP contribution in [0.5, 0.6) is 0 Å². The Hall–Kier alpha value is -1.07. The van der Waals surface area contributed by atoms with E-state index in [4.69, 9.17) is 5.84 Å². The van der Waals surface area contributed by atoms with E-state index < -0.39 is 11.7 Å². The van der Waals surface area contributed by atoms with Gasteiger partial charge in [-0.3, -0.25) is 11.3 Å². The predicted molar refractivity (Wildman–Crippen MR) is 70.3 cm³/mol. The molecule has 0 fully saturated rings. The number of hydrogen-bond acceptors (Lipinski definition) is 2. The fourth-order valence-corrected chi connectivity index (χ4v) is 2.30. The predicted octanol–water partition coefficient (Wildman–Crippen LogP) is 3.52. The summed E-state index contributed by atoms with van der Waals surface area (Å²) in [5, 5.41) is 0. The van der Waals surface area contributed by atoms with E-state index in [1.54, 1.807) is 0 Å². The third kappa shape index (κ3) is 4.51. The molecule has 0 aliphatic rings. The first kappa shape index (κ1) is 16.0. The third-order valence-electron chi connectivity index (χ3n) is 3.57. The molecule has 0 aromatic heterocycles. The molecule has 0 saturated heterocycles. The molecule has 0 amide bonds. The number of hydrogen-bond donors (Lipinski definition) is 2. The highest BCUT2D eigenvalue weighted by Crippen LogP contribution is 2.29. The summed E-state index contributed by atoms with van der Waals surface area (Å²) in [4.78, 5) is 0. The number of halogens is 3. The van der Waals surface area contributed by atoms with Crippen molar-refractivity contribution in [3.05, 3.63) is 35.4 Å². The molecule has 0 radical (unpaired) electrons. The van der Waals surface area contributed by atoms with Gasteiger partial charge in [-0.1, -0.05) is 38.8 Å². The average molecular weight is 274 g/mol. The van der Waals surface area contributed by atoms with Gasteiger partial charge < -0.3 is 0 Å². The second kappa shape index (κ2) is 6.91. The lowest BCUT2D eigenvalue weighted by Crippen LogP contribution is -2.42. The number of nitrogens with two attached hydrogens (primary N) is 1. The molecular formula is C14H21F3N2. The van der Waals surface area contributed by atoms with Gasteiger partial charge in [0.2, 0.25) is 0 Å². The summed E-state index contributed by atoms with van der Waals surface area (Å²) >= 11 is 0. The average Bonchev–Trinajstić information content (AvgIpc) is 2.38. The molecule has 0 aliphatic carbocycles. The fourth-order valence-electron chi connectivity index (χ4n) is 2.30. The van der Waals surface area contributed by atoms with Gasteiger partial charge in [0.1, 0.15) is 0 Å². The van der Waals surface area contributed by atoms with Gasteiger partial charge in [-0.25, -0.2) is 0 Å². The molecule has 108 valence electrons.